The van der Waals surface area contributed by atoms with E-state index in [0.29, 0.717) is 18.2 Å². The standard InChI is InChI=1S/C17H16FN3O2/c1-11-10-23-17(21-11)9-20-15-8-19-6-5-13(15)14-4-3-12(18)7-16(14)22-2/h3-8,10,20H,9H2,1-2H3. The summed E-state index contributed by atoms with van der Waals surface area (Å²) in [5, 5.41) is 3.24. The van der Waals surface area contributed by atoms with Crippen molar-refractivity contribution in [2.24, 2.45) is 0 Å². The number of oxazole rings is 1. The smallest absolute Gasteiger partial charge is 0.213 e. The van der Waals surface area contributed by atoms with Crippen molar-refractivity contribution in [2.75, 3.05) is 12.4 Å². The van der Waals surface area contributed by atoms with Gasteiger partial charge in [0, 0.05) is 23.4 Å². The Kier molecular flexibility index (Phi) is 4.23. The lowest BCUT2D eigenvalue weighted by Gasteiger charge is -2.13. The molecule has 0 amide bonds. The molecule has 0 aliphatic rings. The van der Waals surface area contributed by atoms with Crippen molar-refractivity contribution in [1.82, 2.24) is 9.97 Å². The lowest BCUT2D eigenvalue weighted by Crippen LogP contribution is -2.02. The van der Waals surface area contributed by atoms with Crippen LogP contribution in [0.4, 0.5) is 10.1 Å². The first-order chi connectivity index (χ1) is 11.2. The number of hydrogen-bond donors (Lipinski definition) is 1. The van der Waals surface area contributed by atoms with Gasteiger partial charge in [-0.3, -0.25) is 4.98 Å². The van der Waals surface area contributed by atoms with Gasteiger partial charge in [-0.2, -0.15) is 0 Å². The number of aryl methyl sites for hydroxylation is 1. The number of ether oxygens (including phenoxy) is 1. The Morgan fingerprint density at radius 1 is 1.26 bits per heavy atom. The number of hydrogen-bond acceptors (Lipinski definition) is 5. The third kappa shape index (κ3) is 3.31. The maximum absolute atomic E-state index is 13.4. The van der Waals surface area contributed by atoms with E-state index in [9.17, 15) is 4.39 Å². The van der Waals surface area contributed by atoms with E-state index in [1.807, 2.05) is 13.0 Å². The number of aromatic nitrogens is 2. The van der Waals surface area contributed by atoms with Crippen molar-refractivity contribution in [2.45, 2.75) is 13.5 Å². The van der Waals surface area contributed by atoms with Gasteiger partial charge in [-0.05, 0) is 25.1 Å². The zero-order valence-electron chi connectivity index (χ0n) is 12.8. The minimum absolute atomic E-state index is 0.343. The van der Waals surface area contributed by atoms with Crippen LogP contribution in [0.25, 0.3) is 11.1 Å². The average Bonchev–Trinajstić information content (AvgIpc) is 2.98. The zero-order valence-corrected chi connectivity index (χ0v) is 12.8. The van der Waals surface area contributed by atoms with Crippen molar-refractivity contribution in [3.05, 3.63) is 60.3 Å². The van der Waals surface area contributed by atoms with Gasteiger partial charge in [0.1, 0.15) is 17.8 Å². The predicted molar refractivity (Wildman–Crippen MR) is 84.7 cm³/mol. The Bertz CT molecular complexity index is 817. The first kappa shape index (κ1) is 15.0. The number of benzene rings is 1. The molecule has 1 N–H and O–H groups in total. The third-order valence-corrected chi connectivity index (χ3v) is 3.37. The summed E-state index contributed by atoms with van der Waals surface area (Å²) in [6, 6.07) is 6.29. The molecular weight excluding hydrogens is 297 g/mol. The van der Waals surface area contributed by atoms with Crippen LogP contribution in [-0.2, 0) is 6.54 Å². The Hall–Kier alpha value is -2.89. The summed E-state index contributed by atoms with van der Waals surface area (Å²) < 4.78 is 24.0. The van der Waals surface area contributed by atoms with E-state index >= 15 is 0 Å². The molecule has 0 bridgehead atoms. The minimum Gasteiger partial charge on any atom is -0.496 e. The van der Waals surface area contributed by atoms with Crippen LogP contribution in [0.5, 0.6) is 5.75 Å². The Morgan fingerprint density at radius 2 is 2.13 bits per heavy atom. The zero-order chi connectivity index (χ0) is 16.2. The van der Waals surface area contributed by atoms with Crippen LogP contribution in [-0.4, -0.2) is 17.1 Å². The number of nitrogens with one attached hydrogen (secondary N) is 1. The van der Waals surface area contributed by atoms with E-state index < -0.39 is 0 Å². The molecule has 0 saturated heterocycles. The summed E-state index contributed by atoms with van der Waals surface area (Å²) in [6.45, 7) is 2.29. The molecule has 118 valence electrons. The molecule has 0 radical (unpaired) electrons. The average molecular weight is 313 g/mol. The molecule has 3 rings (SSSR count). The van der Waals surface area contributed by atoms with Crippen molar-refractivity contribution < 1.29 is 13.5 Å². The van der Waals surface area contributed by atoms with Crippen molar-refractivity contribution >= 4 is 5.69 Å². The van der Waals surface area contributed by atoms with Crippen LogP contribution < -0.4 is 10.1 Å². The number of nitrogens with zero attached hydrogens (tertiary/aromatic N) is 2. The molecule has 2 heterocycles. The SMILES string of the molecule is COc1cc(F)ccc1-c1ccncc1NCc1nc(C)co1. The van der Waals surface area contributed by atoms with Gasteiger partial charge in [0.15, 0.2) is 0 Å². The van der Waals surface area contributed by atoms with E-state index in [2.05, 4.69) is 15.3 Å². The van der Waals surface area contributed by atoms with Crippen LogP contribution in [0.1, 0.15) is 11.6 Å². The molecular formula is C17H16FN3O2. The Labute approximate surface area is 133 Å². The fourth-order valence-electron chi connectivity index (χ4n) is 2.31. The van der Waals surface area contributed by atoms with Gasteiger partial charge < -0.3 is 14.5 Å². The van der Waals surface area contributed by atoms with Gasteiger partial charge in [-0.25, -0.2) is 9.37 Å². The molecule has 3 aromatic rings. The van der Waals surface area contributed by atoms with Crippen LogP contribution in [0.2, 0.25) is 0 Å². The van der Waals surface area contributed by atoms with E-state index in [-0.39, 0.29) is 5.82 Å². The summed E-state index contributed by atoms with van der Waals surface area (Å²) >= 11 is 0. The maximum atomic E-state index is 13.4. The molecule has 0 aliphatic carbocycles. The van der Waals surface area contributed by atoms with E-state index in [1.165, 1.54) is 19.2 Å². The molecule has 1 aromatic carbocycles. The Morgan fingerprint density at radius 3 is 2.87 bits per heavy atom. The molecule has 0 aliphatic heterocycles. The second-order valence-electron chi connectivity index (χ2n) is 5.00. The summed E-state index contributed by atoms with van der Waals surface area (Å²) in [4.78, 5) is 8.38. The van der Waals surface area contributed by atoms with Gasteiger partial charge in [-0.1, -0.05) is 0 Å². The molecule has 0 saturated carbocycles. The fourth-order valence-corrected chi connectivity index (χ4v) is 2.31. The molecule has 5 nitrogen and oxygen atoms in total. The molecule has 0 unspecified atom stereocenters. The topological polar surface area (TPSA) is 60.2 Å². The van der Waals surface area contributed by atoms with Gasteiger partial charge in [0.25, 0.3) is 0 Å². The highest BCUT2D eigenvalue weighted by molar-refractivity contribution is 5.81. The van der Waals surface area contributed by atoms with Crippen LogP contribution in [0.15, 0.2) is 47.3 Å². The summed E-state index contributed by atoms with van der Waals surface area (Å²) in [6.07, 6.45) is 4.98. The van der Waals surface area contributed by atoms with Crippen LogP contribution >= 0.6 is 0 Å². The number of anilines is 1. The van der Waals surface area contributed by atoms with Gasteiger partial charge in [0.05, 0.1) is 31.2 Å². The molecule has 2 aromatic heterocycles. The van der Waals surface area contributed by atoms with Crippen molar-refractivity contribution in [3.63, 3.8) is 0 Å². The minimum atomic E-state index is -0.343. The number of rotatable bonds is 5. The first-order valence-corrected chi connectivity index (χ1v) is 7.10. The van der Waals surface area contributed by atoms with E-state index in [1.54, 1.807) is 24.7 Å². The summed E-state index contributed by atoms with van der Waals surface area (Å²) in [5.41, 5.74) is 3.25. The quantitative estimate of drug-likeness (QED) is 0.776. The first-order valence-electron chi connectivity index (χ1n) is 7.10. The van der Waals surface area contributed by atoms with Crippen molar-refractivity contribution in [1.29, 1.82) is 0 Å². The second kappa shape index (κ2) is 6.48. The van der Waals surface area contributed by atoms with Gasteiger partial charge in [-0.15, -0.1) is 0 Å². The van der Waals surface area contributed by atoms with Gasteiger partial charge in [0.2, 0.25) is 5.89 Å². The summed E-state index contributed by atoms with van der Waals surface area (Å²) in [5.74, 6) is 0.707. The maximum Gasteiger partial charge on any atom is 0.213 e. The highest BCUT2D eigenvalue weighted by Crippen LogP contribution is 2.35. The highest BCUT2D eigenvalue weighted by atomic mass is 19.1. The van der Waals surface area contributed by atoms with Crippen LogP contribution in [0.3, 0.4) is 0 Å². The monoisotopic (exact) mass is 313 g/mol. The number of pyridine rings is 1. The molecule has 0 spiro atoms. The molecule has 0 atom stereocenters. The lowest BCUT2D eigenvalue weighted by atomic mass is 10.0. The number of halogens is 1. The normalized spacial score (nSPS) is 10.6. The fraction of sp³-hybridized carbons (Fsp3) is 0.176. The number of methoxy groups -OCH3 is 1. The second-order valence-corrected chi connectivity index (χ2v) is 5.00. The largest absolute Gasteiger partial charge is 0.496 e. The Balaban J connectivity index is 1.91. The van der Waals surface area contributed by atoms with Crippen molar-refractivity contribution in [3.8, 4) is 16.9 Å². The lowest BCUT2D eigenvalue weighted by molar-refractivity contribution is 0.413. The predicted octanol–water partition coefficient (Wildman–Crippen LogP) is 3.80. The molecule has 0 fully saturated rings. The molecule has 23 heavy (non-hydrogen) atoms. The molecule has 6 heteroatoms. The van der Waals surface area contributed by atoms with E-state index in [4.69, 9.17) is 9.15 Å². The third-order valence-electron chi connectivity index (χ3n) is 3.37. The summed E-state index contributed by atoms with van der Waals surface area (Å²) in [7, 11) is 1.52. The van der Waals surface area contributed by atoms with Gasteiger partial charge >= 0.3 is 0 Å². The van der Waals surface area contributed by atoms with E-state index in [0.717, 1.165) is 22.5 Å². The highest BCUT2D eigenvalue weighted by Gasteiger charge is 2.12. The van der Waals surface area contributed by atoms with Crippen LogP contribution in [0, 0.1) is 12.7 Å².